The number of hydrogen-bond acceptors (Lipinski definition) is 4. The summed E-state index contributed by atoms with van der Waals surface area (Å²) in [5.41, 5.74) is 0. The summed E-state index contributed by atoms with van der Waals surface area (Å²) in [6, 6.07) is 0. The van der Waals surface area contributed by atoms with Gasteiger partial charge in [-0.3, -0.25) is 4.90 Å². The molecule has 2 saturated heterocycles. The number of nitrogens with zero attached hydrogens (tertiary/aromatic N) is 5. The number of likely N-dealkylation sites (N-methyl/N-ethyl adjacent to an activating group) is 1. The van der Waals surface area contributed by atoms with Gasteiger partial charge in [0, 0.05) is 19.5 Å². The SMILES string of the molecule is CCN1CCC[C@@H](c2nnc(CN3CCCCC3)n2C)C1. The summed E-state index contributed by atoms with van der Waals surface area (Å²) in [6.07, 6.45) is 6.59. The van der Waals surface area contributed by atoms with Crippen LogP contribution in [0.25, 0.3) is 0 Å². The lowest BCUT2D eigenvalue weighted by Crippen LogP contribution is -2.35. The molecule has 3 rings (SSSR count). The third kappa shape index (κ3) is 3.46. The zero-order valence-electron chi connectivity index (χ0n) is 13.6. The second-order valence-electron chi connectivity index (χ2n) is 6.60. The van der Waals surface area contributed by atoms with Crippen molar-refractivity contribution in [1.82, 2.24) is 24.6 Å². The van der Waals surface area contributed by atoms with Crippen LogP contribution in [0.4, 0.5) is 0 Å². The molecule has 2 aliphatic heterocycles. The molecule has 2 aliphatic rings. The maximum absolute atomic E-state index is 4.53. The topological polar surface area (TPSA) is 37.2 Å². The van der Waals surface area contributed by atoms with E-state index in [2.05, 4.69) is 38.5 Å². The third-order valence-corrected chi connectivity index (χ3v) is 5.13. The van der Waals surface area contributed by atoms with Crippen molar-refractivity contribution in [3.05, 3.63) is 11.6 Å². The van der Waals surface area contributed by atoms with Gasteiger partial charge in [0.05, 0.1) is 6.54 Å². The quantitative estimate of drug-likeness (QED) is 0.850. The molecular formula is C16H29N5. The van der Waals surface area contributed by atoms with E-state index in [9.17, 15) is 0 Å². The predicted octanol–water partition coefficient (Wildman–Crippen LogP) is 2.00. The standard InChI is InChI=1S/C16H29N5/c1-3-20-11-7-8-14(12-20)16-18-17-15(19(16)2)13-21-9-5-4-6-10-21/h14H,3-13H2,1-2H3/t14-/m1/s1. The molecule has 0 aliphatic carbocycles. The predicted molar refractivity (Wildman–Crippen MR) is 84.2 cm³/mol. The van der Waals surface area contributed by atoms with E-state index in [1.807, 2.05) is 0 Å². The van der Waals surface area contributed by atoms with Crippen LogP contribution in [0.2, 0.25) is 0 Å². The Kier molecular flexibility index (Phi) is 4.91. The molecule has 1 aromatic heterocycles. The maximum Gasteiger partial charge on any atom is 0.146 e. The lowest BCUT2D eigenvalue weighted by Gasteiger charge is -2.31. The van der Waals surface area contributed by atoms with Crippen molar-refractivity contribution >= 4 is 0 Å². The van der Waals surface area contributed by atoms with Gasteiger partial charge in [-0.2, -0.15) is 0 Å². The van der Waals surface area contributed by atoms with E-state index in [1.165, 1.54) is 57.6 Å². The zero-order valence-corrected chi connectivity index (χ0v) is 13.6. The van der Waals surface area contributed by atoms with Gasteiger partial charge in [0.15, 0.2) is 0 Å². The van der Waals surface area contributed by atoms with Gasteiger partial charge in [-0.1, -0.05) is 13.3 Å². The fraction of sp³-hybridized carbons (Fsp3) is 0.875. The van der Waals surface area contributed by atoms with E-state index in [-0.39, 0.29) is 0 Å². The van der Waals surface area contributed by atoms with Crippen LogP contribution >= 0.6 is 0 Å². The maximum atomic E-state index is 4.53. The molecule has 1 aromatic rings. The normalized spacial score (nSPS) is 25.3. The van der Waals surface area contributed by atoms with Gasteiger partial charge in [-0.25, -0.2) is 0 Å². The summed E-state index contributed by atoms with van der Waals surface area (Å²) in [4.78, 5) is 5.06. The molecule has 118 valence electrons. The molecule has 5 nitrogen and oxygen atoms in total. The minimum Gasteiger partial charge on any atom is -0.317 e. The van der Waals surface area contributed by atoms with Crippen LogP contribution in [0, 0.1) is 0 Å². The molecule has 0 radical (unpaired) electrons. The Labute approximate surface area is 128 Å². The van der Waals surface area contributed by atoms with E-state index < -0.39 is 0 Å². The molecular weight excluding hydrogens is 262 g/mol. The van der Waals surface area contributed by atoms with Gasteiger partial charge in [-0.15, -0.1) is 10.2 Å². The molecule has 3 heterocycles. The molecule has 21 heavy (non-hydrogen) atoms. The van der Waals surface area contributed by atoms with E-state index >= 15 is 0 Å². The summed E-state index contributed by atoms with van der Waals surface area (Å²) in [7, 11) is 2.15. The first-order chi connectivity index (χ1) is 10.3. The highest BCUT2D eigenvalue weighted by Gasteiger charge is 2.25. The van der Waals surface area contributed by atoms with Crippen LogP contribution in [0.15, 0.2) is 0 Å². The molecule has 0 spiro atoms. The Balaban J connectivity index is 1.66. The van der Waals surface area contributed by atoms with E-state index in [0.29, 0.717) is 5.92 Å². The van der Waals surface area contributed by atoms with Crippen molar-refractivity contribution in [2.24, 2.45) is 7.05 Å². The summed E-state index contributed by atoms with van der Waals surface area (Å²) in [6.45, 7) is 9.19. The summed E-state index contributed by atoms with van der Waals surface area (Å²) < 4.78 is 2.26. The molecule has 1 atom stereocenters. The van der Waals surface area contributed by atoms with Gasteiger partial charge in [0.2, 0.25) is 0 Å². The van der Waals surface area contributed by atoms with Gasteiger partial charge in [-0.05, 0) is 51.9 Å². The fourth-order valence-corrected chi connectivity index (χ4v) is 3.74. The molecule has 2 fully saturated rings. The summed E-state index contributed by atoms with van der Waals surface area (Å²) >= 11 is 0. The van der Waals surface area contributed by atoms with Gasteiger partial charge in [0.1, 0.15) is 11.6 Å². The first-order valence-electron chi connectivity index (χ1n) is 8.60. The van der Waals surface area contributed by atoms with Crippen molar-refractivity contribution in [2.45, 2.75) is 51.5 Å². The van der Waals surface area contributed by atoms with Crippen LogP contribution in [0.5, 0.6) is 0 Å². The second-order valence-corrected chi connectivity index (χ2v) is 6.60. The van der Waals surface area contributed by atoms with Crippen LogP contribution in [0.1, 0.15) is 56.6 Å². The van der Waals surface area contributed by atoms with Crippen LogP contribution < -0.4 is 0 Å². The van der Waals surface area contributed by atoms with Crippen LogP contribution in [0.3, 0.4) is 0 Å². The Hall–Kier alpha value is -0.940. The minimum atomic E-state index is 0.561. The van der Waals surface area contributed by atoms with Crippen molar-refractivity contribution in [3.63, 3.8) is 0 Å². The number of aromatic nitrogens is 3. The molecule has 0 unspecified atom stereocenters. The van der Waals surface area contributed by atoms with Crippen molar-refractivity contribution in [1.29, 1.82) is 0 Å². The molecule has 0 bridgehead atoms. The monoisotopic (exact) mass is 291 g/mol. The lowest BCUT2D eigenvalue weighted by atomic mass is 9.97. The van der Waals surface area contributed by atoms with Crippen molar-refractivity contribution in [3.8, 4) is 0 Å². The number of hydrogen-bond donors (Lipinski definition) is 0. The first-order valence-corrected chi connectivity index (χ1v) is 8.60. The average molecular weight is 291 g/mol. The van der Waals surface area contributed by atoms with E-state index in [0.717, 1.165) is 25.5 Å². The Bertz CT molecular complexity index is 450. The molecule has 0 N–H and O–H groups in total. The van der Waals surface area contributed by atoms with Crippen molar-refractivity contribution < 1.29 is 0 Å². The highest BCUT2D eigenvalue weighted by atomic mass is 15.3. The zero-order chi connectivity index (χ0) is 14.7. The van der Waals surface area contributed by atoms with Crippen LogP contribution in [-0.4, -0.2) is 57.3 Å². The Morgan fingerprint density at radius 3 is 2.52 bits per heavy atom. The second kappa shape index (κ2) is 6.88. The van der Waals surface area contributed by atoms with Crippen LogP contribution in [-0.2, 0) is 13.6 Å². The Morgan fingerprint density at radius 1 is 1.00 bits per heavy atom. The van der Waals surface area contributed by atoms with Crippen molar-refractivity contribution in [2.75, 3.05) is 32.7 Å². The highest BCUT2D eigenvalue weighted by Crippen LogP contribution is 2.25. The number of piperidine rings is 2. The number of likely N-dealkylation sites (tertiary alicyclic amines) is 2. The van der Waals surface area contributed by atoms with Gasteiger partial charge in [0.25, 0.3) is 0 Å². The largest absolute Gasteiger partial charge is 0.317 e. The minimum absolute atomic E-state index is 0.561. The fourth-order valence-electron chi connectivity index (χ4n) is 3.74. The molecule has 0 saturated carbocycles. The van der Waals surface area contributed by atoms with E-state index in [4.69, 9.17) is 0 Å². The summed E-state index contributed by atoms with van der Waals surface area (Å²) in [5, 5.41) is 9.02. The van der Waals surface area contributed by atoms with Gasteiger partial charge < -0.3 is 9.47 Å². The van der Waals surface area contributed by atoms with E-state index in [1.54, 1.807) is 0 Å². The smallest absolute Gasteiger partial charge is 0.146 e. The molecule has 0 amide bonds. The van der Waals surface area contributed by atoms with Gasteiger partial charge >= 0.3 is 0 Å². The lowest BCUT2D eigenvalue weighted by molar-refractivity contribution is 0.208. The highest BCUT2D eigenvalue weighted by molar-refractivity contribution is 5.04. The number of rotatable bonds is 4. The molecule has 5 heteroatoms. The first kappa shape index (κ1) is 15.0. The average Bonchev–Trinajstić information content (AvgIpc) is 2.89. The summed E-state index contributed by atoms with van der Waals surface area (Å²) in [5.74, 6) is 2.90. The molecule has 0 aromatic carbocycles. The Morgan fingerprint density at radius 2 is 1.76 bits per heavy atom. The third-order valence-electron chi connectivity index (χ3n) is 5.13.